The minimum atomic E-state index is -4.59. The van der Waals surface area contributed by atoms with Gasteiger partial charge in [0.25, 0.3) is 5.91 Å². The number of nitrogens with zero attached hydrogens (tertiary/aromatic N) is 5. The van der Waals surface area contributed by atoms with Gasteiger partial charge in [-0.05, 0) is 55.2 Å². The maximum atomic E-state index is 13.3. The molecule has 7 rings (SSSR count). The van der Waals surface area contributed by atoms with Gasteiger partial charge >= 0.3 is 6.18 Å². The Hall–Kier alpha value is -5.46. The molecule has 0 aliphatic carbocycles. The number of carbonyl (C=O) groups is 2. The van der Waals surface area contributed by atoms with E-state index < -0.39 is 17.6 Å². The fourth-order valence-electron chi connectivity index (χ4n) is 6.42. The van der Waals surface area contributed by atoms with E-state index >= 15 is 0 Å². The second-order valence-corrected chi connectivity index (χ2v) is 11.7. The molecule has 2 amide bonds. The Morgan fingerprint density at radius 3 is 2.66 bits per heavy atom. The van der Waals surface area contributed by atoms with Gasteiger partial charge in [-0.2, -0.15) is 13.2 Å². The second-order valence-electron chi connectivity index (χ2n) is 11.7. The monoisotopic (exact) mass is 641 g/mol. The lowest BCUT2D eigenvalue weighted by atomic mass is 9.92. The number of amides is 2. The van der Waals surface area contributed by atoms with Crippen LogP contribution < -0.4 is 15.8 Å². The predicted octanol–water partition coefficient (Wildman–Crippen LogP) is 6.09. The summed E-state index contributed by atoms with van der Waals surface area (Å²) in [6, 6.07) is 16.1. The summed E-state index contributed by atoms with van der Waals surface area (Å²) in [4.78, 5) is 41.1. The fourth-order valence-corrected chi connectivity index (χ4v) is 6.42. The molecule has 2 atom stereocenters. The maximum absolute atomic E-state index is 13.3. The number of piperidine rings is 1. The zero-order chi connectivity index (χ0) is 32.7. The Morgan fingerprint density at radius 1 is 1.02 bits per heavy atom. The van der Waals surface area contributed by atoms with Crippen LogP contribution in [0.15, 0.2) is 79.3 Å². The lowest BCUT2D eigenvalue weighted by molar-refractivity contribution is -0.137. The summed E-state index contributed by atoms with van der Waals surface area (Å²) in [6.07, 6.45) is 2.98. The Balaban J connectivity index is 1.27. The molecular formula is C34H30F3N7O3. The zero-order valence-electron chi connectivity index (χ0n) is 25.1. The minimum absolute atomic E-state index is 0.0324. The number of anilines is 2. The van der Waals surface area contributed by atoms with Gasteiger partial charge in [0.1, 0.15) is 41.0 Å². The molecule has 2 fully saturated rings. The van der Waals surface area contributed by atoms with E-state index in [-0.39, 0.29) is 41.7 Å². The molecule has 0 spiro atoms. The Bertz CT molecular complexity index is 1980. The van der Waals surface area contributed by atoms with Crippen LogP contribution in [0, 0.1) is 0 Å². The number of hydrogen-bond donors (Lipinski definition) is 2. The highest BCUT2D eigenvalue weighted by atomic mass is 19.4. The van der Waals surface area contributed by atoms with Crippen molar-refractivity contribution in [2.75, 3.05) is 17.6 Å². The number of nitrogens with one attached hydrogen (secondary N) is 1. The van der Waals surface area contributed by atoms with Gasteiger partial charge in [-0.3, -0.25) is 14.0 Å². The topological polar surface area (TPSA) is 128 Å². The number of imidazole rings is 1. The molecule has 0 radical (unpaired) electrons. The highest BCUT2D eigenvalue weighted by Crippen LogP contribution is 2.40. The average Bonchev–Trinajstić information content (AvgIpc) is 3.65. The number of halogens is 3. The van der Waals surface area contributed by atoms with Gasteiger partial charge in [-0.15, -0.1) is 0 Å². The standard InChI is InChI=1S/C34H30F3N7O3/c35-34(36,37)23-12-13-39-27(17-23)41-33(46)21-7-10-25(26(16-21)47-19-20-4-2-1-3-5-20)29-30-31(38)40-14-15-43(30)32(42-29)22-6-8-24-9-11-28(45)44(24)18-22/h1-5,7,10,12-17,22,24H,6,8-9,11,18-19H2,(H2,38,40)(H,39,41,46)/t22-,24-/m0/s1. The quantitative estimate of drug-likeness (QED) is 0.220. The molecule has 2 saturated heterocycles. The summed E-state index contributed by atoms with van der Waals surface area (Å²) >= 11 is 0. The number of benzene rings is 2. The molecule has 10 nitrogen and oxygen atoms in total. The number of aromatic nitrogens is 4. The first-order valence-electron chi connectivity index (χ1n) is 15.2. The Kier molecular flexibility index (Phi) is 7.74. The van der Waals surface area contributed by atoms with Crippen molar-refractivity contribution in [3.05, 3.63) is 102 Å². The molecule has 0 unspecified atom stereocenters. The van der Waals surface area contributed by atoms with E-state index in [0.717, 1.165) is 49.0 Å². The van der Waals surface area contributed by atoms with E-state index in [0.29, 0.717) is 35.5 Å². The number of ether oxygens (including phenoxy) is 1. The van der Waals surface area contributed by atoms with Crippen LogP contribution in [0.5, 0.6) is 5.75 Å². The van der Waals surface area contributed by atoms with Gasteiger partial charge in [0.05, 0.1) is 5.56 Å². The van der Waals surface area contributed by atoms with Crippen LogP contribution in [0.3, 0.4) is 0 Å². The summed E-state index contributed by atoms with van der Waals surface area (Å²) in [5.41, 5.74) is 8.13. The van der Waals surface area contributed by atoms with E-state index in [2.05, 4.69) is 15.3 Å². The van der Waals surface area contributed by atoms with Gasteiger partial charge in [-0.25, -0.2) is 15.0 Å². The highest BCUT2D eigenvalue weighted by Gasteiger charge is 2.38. The van der Waals surface area contributed by atoms with Crippen LogP contribution in [0.4, 0.5) is 24.8 Å². The van der Waals surface area contributed by atoms with Crippen LogP contribution >= 0.6 is 0 Å². The predicted molar refractivity (Wildman–Crippen MR) is 168 cm³/mol. The maximum Gasteiger partial charge on any atom is 0.416 e. The van der Waals surface area contributed by atoms with E-state index in [1.165, 1.54) is 6.07 Å². The molecule has 240 valence electrons. The summed E-state index contributed by atoms with van der Waals surface area (Å²) in [5.74, 6) is 0.522. The fraction of sp³-hybridized carbons (Fsp3) is 0.265. The van der Waals surface area contributed by atoms with E-state index in [9.17, 15) is 22.8 Å². The van der Waals surface area contributed by atoms with Crippen LogP contribution in [-0.4, -0.2) is 48.7 Å². The van der Waals surface area contributed by atoms with Crippen molar-refractivity contribution in [2.45, 2.75) is 50.4 Å². The number of hydrogen-bond acceptors (Lipinski definition) is 7. The molecule has 0 bridgehead atoms. The molecule has 2 aromatic carbocycles. The number of fused-ring (bicyclic) bond motifs is 2. The van der Waals surface area contributed by atoms with Crippen molar-refractivity contribution < 1.29 is 27.5 Å². The van der Waals surface area contributed by atoms with Crippen LogP contribution in [0.1, 0.15) is 58.9 Å². The Labute approximate surface area is 267 Å². The van der Waals surface area contributed by atoms with E-state index in [1.54, 1.807) is 24.5 Å². The number of pyridine rings is 1. The zero-order valence-corrected chi connectivity index (χ0v) is 25.1. The van der Waals surface area contributed by atoms with E-state index in [1.807, 2.05) is 39.6 Å². The second kappa shape index (κ2) is 12.0. The van der Waals surface area contributed by atoms with Gasteiger partial charge in [0.15, 0.2) is 0 Å². The molecule has 2 aliphatic heterocycles. The van der Waals surface area contributed by atoms with Gasteiger partial charge in [0, 0.05) is 54.6 Å². The molecule has 5 heterocycles. The summed E-state index contributed by atoms with van der Waals surface area (Å²) in [7, 11) is 0. The van der Waals surface area contributed by atoms with Gasteiger partial charge in [0.2, 0.25) is 5.91 Å². The lowest BCUT2D eigenvalue weighted by Crippen LogP contribution is -2.41. The van der Waals surface area contributed by atoms with Crippen molar-refractivity contribution >= 4 is 29.0 Å². The largest absolute Gasteiger partial charge is 0.488 e. The third-order valence-electron chi connectivity index (χ3n) is 8.76. The van der Waals surface area contributed by atoms with Crippen molar-refractivity contribution in [2.24, 2.45) is 0 Å². The third-order valence-corrected chi connectivity index (χ3v) is 8.76. The highest BCUT2D eigenvalue weighted by molar-refractivity contribution is 6.04. The number of nitrogens with two attached hydrogens (primary N) is 1. The summed E-state index contributed by atoms with van der Waals surface area (Å²) in [5, 5.41) is 2.45. The smallest absolute Gasteiger partial charge is 0.416 e. The Morgan fingerprint density at radius 2 is 1.85 bits per heavy atom. The first-order chi connectivity index (χ1) is 22.7. The van der Waals surface area contributed by atoms with Crippen molar-refractivity contribution in [1.82, 2.24) is 24.3 Å². The SMILES string of the molecule is Nc1nccn2c([C@H]3CC[C@H]4CCC(=O)N4C3)nc(-c3ccc(C(=O)Nc4cc(C(F)(F)F)ccn4)cc3OCc3ccccc3)c12. The average molecular weight is 642 g/mol. The summed E-state index contributed by atoms with van der Waals surface area (Å²) < 4.78 is 47.9. The molecular weight excluding hydrogens is 611 g/mol. The molecule has 5 aromatic rings. The molecule has 3 aromatic heterocycles. The molecule has 47 heavy (non-hydrogen) atoms. The van der Waals surface area contributed by atoms with Crippen molar-refractivity contribution in [3.8, 4) is 17.0 Å². The molecule has 3 N–H and O–H groups in total. The van der Waals surface area contributed by atoms with Crippen LogP contribution in [0.25, 0.3) is 16.8 Å². The number of nitrogen functional groups attached to an aromatic ring is 1. The number of alkyl halides is 3. The first-order valence-corrected chi connectivity index (χ1v) is 15.2. The number of rotatable bonds is 7. The lowest BCUT2D eigenvalue weighted by Gasteiger charge is -2.34. The summed E-state index contributed by atoms with van der Waals surface area (Å²) in [6.45, 7) is 0.728. The van der Waals surface area contributed by atoms with Gasteiger partial charge in [-0.1, -0.05) is 30.3 Å². The minimum Gasteiger partial charge on any atom is -0.488 e. The van der Waals surface area contributed by atoms with Gasteiger partial charge < -0.3 is 20.7 Å². The van der Waals surface area contributed by atoms with Crippen LogP contribution in [-0.2, 0) is 17.6 Å². The molecule has 2 aliphatic rings. The van der Waals surface area contributed by atoms with Crippen molar-refractivity contribution in [1.29, 1.82) is 0 Å². The van der Waals surface area contributed by atoms with Crippen molar-refractivity contribution in [3.63, 3.8) is 0 Å². The normalized spacial score (nSPS) is 17.9. The first kappa shape index (κ1) is 30.2. The van der Waals surface area contributed by atoms with E-state index in [4.69, 9.17) is 15.5 Å². The van der Waals surface area contributed by atoms with Crippen LogP contribution in [0.2, 0.25) is 0 Å². The third kappa shape index (κ3) is 5.96. The molecule has 0 saturated carbocycles. The molecule has 13 heteroatoms. The number of carbonyl (C=O) groups excluding carboxylic acids is 2.